The first-order chi connectivity index (χ1) is 22.1. The van der Waals surface area contributed by atoms with Crippen molar-refractivity contribution in [2.24, 2.45) is 5.41 Å². The first-order valence-electron chi connectivity index (χ1n) is 15.1. The molecule has 2 saturated heterocycles. The number of thioether (sulfide) groups is 1. The van der Waals surface area contributed by atoms with Crippen LogP contribution in [0.2, 0.25) is 0 Å². The first kappa shape index (κ1) is 31.9. The molecule has 46 heavy (non-hydrogen) atoms. The monoisotopic (exact) mass is 654 g/mol. The summed E-state index contributed by atoms with van der Waals surface area (Å²) in [6.45, 7) is 8.19. The van der Waals surface area contributed by atoms with E-state index in [1.807, 2.05) is 13.8 Å². The summed E-state index contributed by atoms with van der Waals surface area (Å²) >= 11 is 1.54. The quantitative estimate of drug-likeness (QED) is 0.238. The zero-order valence-corrected chi connectivity index (χ0v) is 26.7. The molecule has 0 aliphatic carbocycles. The first-order valence-corrected chi connectivity index (χ1v) is 16.0. The van der Waals surface area contributed by atoms with Gasteiger partial charge >= 0.3 is 6.61 Å². The molecule has 6 rings (SSSR count). The molecular weight excluding hydrogens is 618 g/mol. The van der Waals surface area contributed by atoms with Crippen molar-refractivity contribution in [1.82, 2.24) is 34.2 Å². The summed E-state index contributed by atoms with van der Waals surface area (Å²) < 4.78 is 40.2. The van der Waals surface area contributed by atoms with Gasteiger partial charge in [-0.2, -0.15) is 19.0 Å². The van der Waals surface area contributed by atoms with Crippen molar-refractivity contribution in [3.63, 3.8) is 0 Å². The standard InChI is InChI=1S/C31H36F2N8O4S/c1-20(2)46-21-5-6-25(45-30(32)33)22(13-21)27-24(36-29(43)23-14-35-41-8-4-7-34-28(23)41)15-40(37-27)16-26(42)39-11-9-38(10-12-39)17-31(3)18-44-19-31/h4-8,13-15,20,30H,9-12,16-19H2,1-3H3,(H,36,43). The summed E-state index contributed by atoms with van der Waals surface area (Å²) in [6.07, 6.45) is 6.15. The molecule has 244 valence electrons. The Labute approximate surface area is 269 Å². The number of nitrogens with zero attached hydrogens (tertiary/aromatic N) is 7. The number of carbonyl (C=O) groups excluding carboxylic acids is 2. The third-order valence-corrected chi connectivity index (χ3v) is 8.85. The highest BCUT2D eigenvalue weighted by Gasteiger charge is 2.36. The Kier molecular flexibility index (Phi) is 9.25. The minimum Gasteiger partial charge on any atom is -0.434 e. The van der Waals surface area contributed by atoms with Crippen LogP contribution in [0.4, 0.5) is 14.5 Å². The van der Waals surface area contributed by atoms with Crippen molar-refractivity contribution in [3.05, 3.63) is 54.6 Å². The minimum atomic E-state index is -3.08. The third-order valence-electron chi connectivity index (χ3n) is 7.86. The Morgan fingerprint density at radius 1 is 1.17 bits per heavy atom. The highest BCUT2D eigenvalue weighted by atomic mass is 32.2. The Morgan fingerprint density at radius 3 is 2.65 bits per heavy atom. The number of piperazine rings is 1. The lowest BCUT2D eigenvalue weighted by Gasteiger charge is -2.44. The molecule has 4 aromatic rings. The molecule has 5 heterocycles. The van der Waals surface area contributed by atoms with Crippen LogP contribution in [0.3, 0.4) is 0 Å². The van der Waals surface area contributed by atoms with Crippen LogP contribution in [-0.4, -0.2) is 104 Å². The van der Waals surface area contributed by atoms with E-state index in [-0.39, 0.29) is 51.4 Å². The number of halogens is 2. The second kappa shape index (κ2) is 13.3. The van der Waals surface area contributed by atoms with Gasteiger partial charge in [0, 0.05) is 72.4 Å². The molecule has 15 heteroatoms. The maximum atomic E-state index is 13.5. The largest absolute Gasteiger partial charge is 0.434 e. The van der Waals surface area contributed by atoms with Gasteiger partial charge in [-0.3, -0.25) is 19.2 Å². The number of carbonyl (C=O) groups is 2. The normalized spacial score (nSPS) is 16.6. The van der Waals surface area contributed by atoms with Crippen LogP contribution in [0.25, 0.3) is 16.9 Å². The SMILES string of the molecule is CC(C)Sc1ccc(OC(F)F)c(-c2nn(CC(=O)N3CCN(CC4(C)COC4)CC3)cc2NC(=O)c2cnn3cccnc23)c1. The van der Waals surface area contributed by atoms with Crippen molar-refractivity contribution in [3.8, 4) is 17.0 Å². The van der Waals surface area contributed by atoms with E-state index in [0.29, 0.717) is 18.7 Å². The number of alkyl halides is 2. The Hall–Kier alpha value is -4.08. The molecule has 12 nitrogen and oxygen atoms in total. The fourth-order valence-corrected chi connectivity index (χ4v) is 6.56. The van der Waals surface area contributed by atoms with Crippen molar-refractivity contribution in [1.29, 1.82) is 0 Å². The maximum absolute atomic E-state index is 13.5. The molecule has 0 spiro atoms. The number of anilines is 1. The van der Waals surface area contributed by atoms with Crippen LogP contribution < -0.4 is 10.1 Å². The summed E-state index contributed by atoms with van der Waals surface area (Å²) in [5, 5.41) is 11.9. The second-order valence-electron chi connectivity index (χ2n) is 12.2. The summed E-state index contributed by atoms with van der Waals surface area (Å²) in [7, 11) is 0. The van der Waals surface area contributed by atoms with E-state index in [2.05, 4.69) is 32.3 Å². The smallest absolute Gasteiger partial charge is 0.387 e. The molecule has 2 aliphatic heterocycles. The van der Waals surface area contributed by atoms with Gasteiger partial charge in [-0.05, 0) is 24.3 Å². The molecule has 0 atom stereocenters. The van der Waals surface area contributed by atoms with Gasteiger partial charge in [-0.25, -0.2) is 9.50 Å². The molecule has 2 aliphatic rings. The van der Waals surface area contributed by atoms with Crippen LogP contribution in [0.1, 0.15) is 31.1 Å². The highest BCUT2D eigenvalue weighted by molar-refractivity contribution is 7.99. The highest BCUT2D eigenvalue weighted by Crippen LogP contribution is 2.39. The fourth-order valence-electron chi connectivity index (χ4n) is 5.68. The number of hydrogen-bond donors (Lipinski definition) is 1. The van der Waals surface area contributed by atoms with E-state index >= 15 is 0 Å². The van der Waals surface area contributed by atoms with Crippen molar-refractivity contribution in [2.75, 3.05) is 51.3 Å². The van der Waals surface area contributed by atoms with Crippen LogP contribution >= 0.6 is 11.8 Å². The average molecular weight is 655 g/mol. The van der Waals surface area contributed by atoms with Gasteiger partial charge < -0.3 is 19.7 Å². The molecule has 1 aromatic carbocycles. The number of nitrogens with one attached hydrogen (secondary N) is 1. The van der Waals surface area contributed by atoms with Crippen LogP contribution in [0.5, 0.6) is 5.75 Å². The van der Waals surface area contributed by atoms with Crippen molar-refractivity contribution in [2.45, 2.75) is 44.1 Å². The predicted molar refractivity (Wildman–Crippen MR) is 168 cm³/mol. The number of benzene rings is 1. The van der Waals surface area contributed by atoms with Crippen LogP contribution in [0.15, 0.2) is 53.9 Å². The van der Waals surface area contributed by atoms with E-state index in [1.165, 1.54) is 27.7 Å². The molecular formula is C31H36F2N8O4S. The summed E-state index contributed by atoms with van der Waals surface area (Å²) in [6, 6.07) is 6.56. The zero-order chi connectivity index (χ0) is 32.4. The summed E-state index contributed by atoms with van der Waals surface area (Å²) in [4.78, 5) is 36.1. The number of aromatic nitrogens is 5. The van der Waals surface area contributed by atoms with E-state index in [1.54, 1.807) is 47.3 Å². The van der Waals surface area contributed by atoms with Crippen molar-refractivity contribution >= 4 is 34.9 Å². The average Bonchev–Trinajstić information content (AvgIpc) is 3.61. The summed E-state index contributed by atoms with van der Waals surface area (Å²) in [5.74, 6) is -0.759. The topological polar surface area (TPSA) is 119 Å². The molecule has 0 unspecified atom stereocenters. The van der Waals surface area contributed by atoms with Gasteiger partial charge in [0.05, 0.1) is 25.1 Å². The maximum Gasteiger partial charge on any atom is 0.387 e. The van der Waals surface area contributed by atoms with Gasteiger partial charge in [-0.15, -0.1) is 11.8 Å². The van der Waals surface area contributed by atoms with E-state index in [4.69, 9.17) is 9.47 Å². The molecule has 2 fully saturated rings. The van der Waals surface area contributed by atoms with Crippen LogP contribution in [0, 0.1) is 5.41 Å². The molecule has 0 saturated carbocycles. The van der Waals surface area contributed by atoms with Gasteiger partial charge in [0.1, 0.15) is 23.6 Å². The van der Waals surface area contributed by atoms with E-state index < -0.39 is 12.5 Å². The van der Waals surface area contributed by atoms with Gasteiger partial charge in [0.25, 0.3) is 5.91 Å². The number of amides is 2. The lowest BCUT2D eigenvalue weighted by molar-refractivity contribution is -0.137. The Bertz CT molecular complexity index is 1720. The minimum absolute atomic E-state index is 0.0990. The number of ether oxygens (including phenoxy) is 2. The number of rotatable bonds is 11. The molecule has 3 aromatic heterocycles. The van der Waals surface area contributed by atoms with Gasteiger partial charge in [0.15, 0.2) is 5.65 Å². The Balaban J connectivity index is 1.28. The van der Waals surface area contributed by atoms with Crippen molar-refractivity contribution < 1.29 is 27.8 Å². The molecule has 0 bridgehead atoms. The third kappa shape index (κ3) is 7.16. The molecule has 2 amide bonds. The van der Waals surface area contributed by atoms with Gasteiger partial charge in [0.2, 0.25) is 5.91 Å². The zero-order valence-electron chi connectivity index (χ0n) is 25.9. The fraction of sp³-hybridized carbons (Fsp3) is 0.452. The summed E-state index contributed by atoms with van der Waals surface area (Å²) in [5.41, 5.74) is 1.39. The van der Waals surface area contributed by atoms with Crippen LogP contribution in [-0.2, 0) is 16.1 Å². The Morgan fingerprint density at radius 2 is 1.96 bits per heavy atom. The predicted octanol–water partition coefficient (Wildman–Crippen LogP) is 4.13. The number of hydrogen-bond acceptors (Lipinski definition) is 9. The lowest BCUT2D eigenvalue weighted by Crippen LogP contribution is -2.55. The second-order valence-corrected chi connectivity index (χ2v) is 13.8. The molecule has 1 N–H and O–H groups in total. The van der Waals surface area contributed by atoms with Gasteiger partial charge in [-0.1, -0.05) is 20.8 Å². The van der Waals surface area contributed by atoms with E-state index in [9.17, 15) is 18.4 Å². The molecule has 0 radical (unpaired) electrons. The lowest BCUT2D eigenvalue weighted by atomic mass is 9.88. The number of fused-ring (bicyclic) bond motifs is 1. The van der Waals surface area contributed by atoms with E-state index in [0.717, 1.165) is 37.7 Å².